The highest BCUT2D eigenvalue weighted by atomic mass is 32.1. The molecule has 1 atom stereocenters. The van der Waals surface area contributed by atoms with Gasteiger partial charge in [0.25, 0.3) is 5.91 Å². The molecule has 3 aromatic rings. The van der Waals surface area contributed by atoms with E-state index in [1.807, 2.05) is 6.92 Å². The molecule has 0 saturated carbocycles. The Bertz CT molecular complexity index is 1080. The second kappa shape index (κ2) is 8.30. The molecular weight excluding hydrogens is 427 g/mol. The number of alkyl halides is 3. The van der Waals surface area contributed by atoms with Crippen LogP contribution in [0, 0.1) is 6.92 Å². The fraction of sp³-hybridized carbons (Fsp3) is 0.318. The number of carbonyl (C=O) groups is 1. The van der Waals surface area contributed by atoms with E-state index in [1.165, 1.54) is 0 Å². The average Bonchev–Trinajstić information content (AvgIpc) is 3.13. The number of benzene rings is 1. The maximum absolute atomic E-state index is 13.0. The molecule has 9 heteroatoms. The van der Waals surface area contributed by atoms with Crippen LogP contribution in [0.4, 0.5) is 13.2 Å². The zero-order valence-corrected chi connectivity index (χ0v) is 17.8. The number of carbonyl (C=O) groups excluding carboxylic acids is 1. The van der Waals surface area contributed by atoms with Crippen molar-refractivity contribution in [1.82, 2.24) is 14.9 Å². The fourth-order valence-corrected chi connectivity index (χ4v) is 4.78. The molecule has 0 bridgehead atoms. The number of rotatable bonds is 4. The third kappa shape index (κ3) is 4.56. The Hall–Kier alpha value is -2.94. The van der Waals surface area contributed by atoms with Crippen molar-refractivity contribution in [3.8, 4) is 11.6 Å². The number of aryl methyl sites for hydroxylation is 2. The van der Waals surface area contributed by atoms with Crippen molar-refractivity contribution in [3.63, 3.8) is 0 Å². The zero-order chi connectivity index (χ0) is 22.2. The first-order valence-corrected chi connectivity index (χ1v) is 10.6. The first-order valence-electron chi connectivity index (χ1n) is 9.77. The van der Waals surface area contributed by atoms with Gasteiger partial charge in [-0.05, 0) is 56.5 Å². The maximum atomic E-state index is 13.0. The molecule has 1 aromatic carbocycles. The van der Waals surface area contributed by atoms with E-state index in [9.17, 15) is 18.0 Å². The zero-order valence-electron chi connectivity index (χ0n) is 16.9. The van der Waals surface area contributed by atoms with Gasteiger partial charge in [-0.15, -0.1) is 11.3 Å². The second-order valence-corrected chi connectivity index (χ2v) is 8.61. The summed E-state index contributed by atoms with van der Waals surface area (Å²) >= 11 is 1.64. The fourth-order valence-electron chi connectivity index (χ4n) is 3.63. The van der Waals surface area contributed by atoms with Crippen LogP contribution in [0.25, 0.3) is 0 Å². The summed E-state index contributed by atoms with van der Waals surface area (Å²) in [6.07, 6.45) is -0.885. The summed E-state index contributed by atoms with van der Waals surface area (Å²) in [5.41, 5.74) is 0.751. The normalized spacial score (nSPS) is 16.0. The number of fused-ring (bicyclic) bond motifs is 1. The third-order valence-electron chi connectivity index (χ3n) is 5.20. The average molecular weight is 447 g/mol. The molecule has 1 unspecified atom stereocenters. The number of pyridine rings is 1. The third-order valence-corrected chi connectivity index (χ3v) is 6.32. The van der Waals surface area contributed by atoms with Gasteiger partial charge in [-0.1, -0.05) is 0 Å². The molecule has 4 rings (SSSR count). The number of hydrogen-bond donors (Lipinski definition) is 0. The highest BCUT2D eigenvalue weighted by molar-refractivity contribution is 7.11. The molecule has 162 valence electrons. The number of aromatic nitrogens is 2. The molecule has 0 saturated heterocycles. The molecule has 2 heterocycles. The van der Waals surface area contributed by atoms with E-state index in [0.29, 0.717) is 11.3 Å². The summed E-state index contributed by atoms with van der Waals surface area (Å²) in [6, 6.07) is 8.56. The molecule has 0 radical (unpaired) electrons. The van der Waals surface area contributed by atoms with Crippen LogP contribution in [0.5, 0.6) is 11.6 Å². The van der Waals surface area contributed by atoms with Gasteiger partial charge in [-0.2, -0.15) is 13.2 Å². The molecule has 5 nitrogen and oxygen atoms in total. The predicted octanol–water partition coefficient (Wildman–Crippen LogP) is 5.81. The molecule has 1 amide bonds. The lowest BCUT2D eigenvalue weighted by molar-refractivity contribution is -0.137. The first-order chi connectivity index (χ1) is 14.7. The molecule has 0 N–H and O–H groups in total. The van der Waals surface area contributed by atoms with E-state index in [4.69, 9.17) is 4.74 Å². The Kier molecular flexibility index (Phi) is 5.70. The Balaban J connectivity index is 1.45. The molecule has 1 aliphatic carbocycles. The van der Waals surface area contributed by atoms with Crippen LogP contribution in [0.3, 0.4) is 0 Å². The van der Waals surface area contributed by atoms with E-state index >= 15 is 0 Å². The van der Waals surface area contributed by atoms with Crippen molar-refractivity contribution in [2.24, 2.45) is 0 Å². The smallest absolute Gasteiger partial charge is 0.417 e. The highest BCUT2D eigenvalue weighted by Gasteiger charge is 2.31. The molecule has 0 aliphatic heterocycles. The van der Waals surface area contributed by atoms with Crippen LogP contribution >= 0.6 is 11.3 Å². The molecule has 0 spiro atoms. The first kappa shape index (κ1) is 21.3. The SMILES string of the molecule is Cc1nc2c(s1)C(N(C)C(=O)c1ccc(Oc3ccc(C(F)(F)F)cn3)cc1)CCC2. The van der Waals surface area contributed by atoms with Crippen molar-refractivity contribution in [2.75, 3.05) is 7.05 Å². The minimum atomic E-state index is -4.45. The molecule has 31 heavy (non-hydrogen) atoms. The largest absolute Gasteiger partial charge is 0.439 e. The van der Waals surface area contributed by atoms with Crippen LogP contribution in [0.1, 0.15) is 50.4 Å². The lowest BCUT2D eigenvalue weighted by atomic mass is 9.96. The standard InChI is InChI=1S/C22H20F3N3O2S/c1-13-27-17-4-3-5-18(20(17)31-13)28(2)21(29)14-6-9-16(10-7-14)30-19-11-8-15(12-26-19)22(23,24)25/h6-12,18H,3-5H2,1-2H3. The summed E-state index contributed by atoms with van der Waals surface area (Å²) in [7, 11) is 1.80. The number of hydrogen-bond acceptors (Lipinski definition) is 5. The van der Waals surface area contributed by atoms with E-state index in [-0.39, 0.29) is 17.8 Å². The van der Waals surface area contributed by atoms with E-state index in [1.54, 1.807) is 47.5 Å². The number of halogens is 3. The van der Waals surface area contributed by atoms with Gasteiger partial charge in [0.15, 0.2) is 0 Å². The summed E-state index contributed by atoms with van der Waals surface area (Å²) in [5.74, 6) is 0.312. The summed E-state index contributed by atoms with van der Waals surface area (Å²) in [6.45, 7) is 1.98. The minimum Gasteiger partial charge on any atom is -0.439 e. The monoisotopic (exact) mass is 447 g/mol. The van der Waals surface area contributed by atoms with Crippen molar-refractivity contribution >= 4 is 17.2 Å². The Morgan fingerprint density at radius 1 is 1.19 bits per heavy atom. The summed E-state index contributed by atoms with van der Waals surface area (Å²) in [5, 5.41) is 1.01. The Morgan fingerprint density at radius 3 is 2.58 bits per heavy atom. The van der Waals surface area contributed by atoms with Gasteiger partial charge in [0.1, 0.15) is 5.75 Å². The van der Waals surface area contributed by atoms with Crippen LogP contribution in [-0.4, -0.2) is 27.8 Å². The Morgan fingerprint density at radius 2 is 1.94 bits per heavy atom. The number of ether oxygens (including phenoxy) is 1. The number of amides is 1. The predicted molar refractivity (Wildman–Crippen MR) is 110 cm³/mol. The molecule has 0 fully saturated rings. The van der Waals surface area contributed by atoms with Gasteiger partial charge in [0.2, 0.25) is 5.88 Å². The van der Waals surface area contributed by atoms with Gasteiger partial charge < -0.3 is 9.64 Å². The quantitative estimate of drug-likeness (QED) is 0.507. The summed E-state index contributed by atoms with van der Waals surface area (Å²) in [4.78, 5) is 24.2. The van der Waals surface area contributed by atoms with Crippen molar-refractivity contribution < 1.29 is 22.7 Å². The lowest BCUT2D eigenvalue weighted by Gasteiger charge is -2.30. The van der Waals surface area contributed by atoms with Gasteiger partial charge in [0.05, 0.1) is 27.2 Å². The topological polar surface area (TPSA) is 55.3 Å². The van der Waals surface area contributed by atoms with Crippen LogP contribution in [0.2, 0.25) is 0 Å². The van der Waals surface area contributed by atoms with E-state index < -0.39 is 11.7 Å². The molecule has 2 aromatic heterocycles. The molecule has 1 aliphatic rings. The van der Waals surface area contributed by atoms with E-state index in [2.05, 4.69) is 9.97 Å². The van der Waals surface area contributed by atoms with Crippen LogP contribution in [0.15, 0.2) is 42.6 Å². The minimum absolute atomic E-state index is 0.00900. The van der Waals surface area contributed by atoms with Crippen molar-refractivity contribution in [3.05, 3.63) is 69.3 Å². The second-order valence-electron chi connectivity index (χ2n) is 7.38. The Labute approximate surface area is 181 Å². The van der Waals surface area contributed by atoms with Gasteiger partial charge in [-0.3, -0.25) is 4.79 Å². The maximum Gasteiger partial charge on any atom is 0.417 e. The van der Waals surface area contributed by atoms with Crippen LogP contribution < -0.4 is 4.74 Å². The van der Waals surface area contributed by atoms with Gasteiger partial charge in [0, 0.05) is 24.9 Å². The van der Waals surface area contributed by atoms with Gasteiger partial charge >= 0.3 is 6.18 Å². The van der Waals surface area contributed by atoms with Gasteiger partial charge in [-0.25, -0.2) is 9.97 Å². The van der Waals surface area contributed by atoms with Crippen LogP contribution in [-0.2, 0) is 12.6 Å². The van der Waals surface area contributed by atoms with Crippen molar-refractivity contribution in [1.29, 1.82) is 0 Å². The highest BCUT2D eigenvalue weighted by Crippen LogP contribution is 2.38. The number of nitrogens with zero attached hydrogens (tertiary/aromatic N) is 3. The van der Waals surface area contributed by atoms with E-state index in [0.717, 1.165) is 53.2 Å². The summed E-state index contributed by atoms with van der Waals surface area (Å²) < 4.78 is 43.4. The molecular formula is C22H20F3N3O2S. The number of thiazole rings is 1. The lowest BCUT2D eigenvalue weighted by Crippen LogP contribution is -2.32. The van der Waals surface area contributed by atoms with Crippen molar-refractivity contribution in [2.45, 2.75) is 38.4 Å².